The van der Waals surface area contributed by atoms with Gasteiger partial charge in [0.05, 0.1) is 7.11 Å². The summed E-state index contributed by atoms with van der Waals surface area (Å²) in [5, 5.41) is 0. The van der Waals surface area contributed by atoms with E-state index in [4.69, 9.17) is 14.2 Å². The Morgan fingerprint density at radius 3 is 1.64 bits per heavy atom. The molecule has 2 aromatic rings. The molecule has 4 heteroatoms. The number of benzene rings is 2. The average molecular weight is 470 g/mol. The minimum atomic E-state index is -0.0773. The molecule has 0 aromatic heterocycles. The molecule has 2 aromatic carbocycles. The summed E-state index contributed by atoms with van der Waals surface area (Å²) in [4.78, 5) is 0. The third-order valence-corrected chi connectivity index (χ3v) is 3.73. The van der Waals surface area contributed by atoms with Gasteiger partial charge in [0.15, 0.2) is 6.79 Å². The monoisotopic (exact) mass is 470 g/mol. The van der Waals surface area contributed by atoms with Crippen molar-refractivity contribution < 1.29 is 35.3 Å². The maximum atomic E-state index is 5.42. The molecule has 0 spiro atoms. The van der Waals surface area contributed by atoms with Crippen molar-refractivity contribution in [3.63, 3.8) is 0 Å². The minimum Gasteiger partial charge on any atom is -0.497 e. The summed E-state index contributed by atoms with van der Waals surface area (Å²) in [6, 6.07) is 16.3. The van der Waals surface area contributed by atoms with Gasteiger partial charge in [0.2, 0.25) is 0 Å². The Kier molecular flexibility index (Phi) is 7.12. The second kappa shape index (κ2) is 8.35. The van der Waals surface area contributed by atoms with Gasteiger partial charge in [0.25, 0.3) is 0 Å². The van der Waals surface area contributed by atoms with Crippen LogP contribution in [0.4, 0.5) is 0 Å². The Hall–Kier alpha value is -1.31. The third-order valence-electron chi connectivity index (χ3n) is 3.73. The van der Waals surface area contributed by atoms with Crippen molar-refractivity contribution in [2.45, 2.75) is 19.3 Å². The Balaban J connectivity index is 0.00000242. The first kappa shape index (κ1) is 18.7. The van der Waals surface area contributed by atoms with Crippen molar-refractivity contribution in [1.82, 2.24) is 0 Å². The average Bonchev–Trinajstić information content (AvgIpc) is 2.53. The molecule has 2 rings (SSSR count). The zero-order chi connectivity index (χ0) is 15.3. The number of hydrogen-bond acceptors (Lipinski definition) is 3. The second-order valence-electron chi connectivity index (χ2n) is 5.43. The summed E-state index contributed by atoms with van der Waals surface area (Å²) in [5.74, 6) is 1.68. The van der Waals surface area contributed by atoms with Gasteiger partial charge in [0.1, 0.15) is 11.5 Å². The van der Waals surface area contributed by atoms with Gasteiger partial charge in [-0.1, -0.05) is 38.1 Å². The van der Waals surface area contributed by atoms with E-state index in [2.05, 4.69) is 38.1 Å². The molecule has 0 fully saturated rings. The van der Waals surface area contributed by atoms with Crippen LogP contribution in [0.1, 0.15) is 25.0 Å². The van der Waals surface area contributed by atoms with E-state index >= 15 is 0 Å². The van der Waals surface area contributed by atoms with E-state index in [9.17, 15) is 0 Å². The van der Waals surface area contributed by atoms with Crippen molar-refractivity contribution in [3.05, 3.63) is 59.7 Å². The van der Waals surface area contributed by atoms with Gasteiger partial charge in [-0.25, -0.2) is 0 Å². The van der Waals surface area contributed by atoms with Crippen LogP contribution in [0.5, 0.6) is 11.5 Å². The van der Waals surface area contributed by atoms with Crippen LogP contribution in [0.15, 0.2) is 48.5 Å². The Morgan fingerprint density at radius 1 is 0.773 bits per heavy atom. The maximum Gasteiger partial charge on any atom is 0.188 e. The first-order chi connectivity index (χ1) is 10.1. The van der Waals surface area contributed by atoms with Crippen molar-refractivity contribution in [2.24, 2.45) is 0 Å². The first-order valence-corrected chi connectivity index (χ1v) is 6.94. The number of hydrogen-bond donors (Lipinski definition) is 0. The van der Waals surface area contributed by atoms with Gasteiger partial charge in [-0.2, -0.15) is 0 Å². The summed E-state index contributed by atoms with van der Waals surface area (Å²) in [6.45, 7) is 4.68. The molecule has 3 nitrogen and oxygen atoms in total. The smallest absolute Gasteiger partial charge is 0.188 e. The molecule has 118 valence electrons. The fourth-order valence-corrected chi connectivity index (χ4v) is 2.27. The van der Waals surface area contributed by atoms with E-state index in [1.54, 1.807) is 14.2 Å². The predicted molar refractivity (Wildman–Crippen MR) is 84.1 cm³/mol. The summed E-state index contributed by atoms with van der Waals surface area (Å²) < 4.78 is 15.5. The van der Waals surface area contributed by atoms with Crippen molar-refractivity contribution in [1.29, 1.82) is 0 Å². The quantitative estimate of drug-likeness (QED) is 0.598. The van der Waals surface area contributed by atoms with Crippen LogP contribution in [0.25, 0.3) is 0 Å². The van der Waals surface area contributed by atoms with Gasteiger partial charge in [-0.3, -0.25) is 0 Å². The normalized spacial score (nSPS) is 10.7. The van der Waals surface area contributed by atoms with Crippen LogP contribution in [0.3, 0.4) is 0 Å². The molecule has 0 unspecified atom stereocenters. The number of rotatable bonds is 6. The molecule has 0 radical (unpaired) electrons. The standard InChI is InChI=1S/C18H22O3.W/c1-18(2,14-5-9-16(20-4)10-6-14)15-7-11-17(12-8-15)21-13-19-3;/h5-12H,13H2,1-4H3;. The SMILES string of the molecule is COCOc1ccc(C(C)(C)c2ccc(OC)cc2)cc1.[W]. The van der Waals surface area contributed by atoms with E-state index in [-0.39, 0.29) is 33.3 Å². The van der Waals surface area contributed by atoms with Crippen LogP contribution in [0, 0.1) is 0 Å². The summed E-state index contributed by atoms with van der Waals surface area (Å²) in [5.41, 5.74) is 2.40. The molecular weight excluding hydrogens is 448 g/mol. The predicted octanol–water partition coefficient (Wildman–Crippen LogP) is 4.00. The van der Waals surface area contributed by atoms with E-state index in [1.165, 1.54) is 11.1 Å². The van der Waals surface area contributed by atoms with Crippen LogP contribution < -0.4 is 9.47 Å². The third kappa shape index (κ3) is 4.34. The summed E-state index contributed by atoms with van der Waals surface area (Å²) in [7, 11) is 3.29. The molecule has 0 heterocycles. The molecule has 0 N–H and O–H groups in total. The molecule has 0 aliphatic carbocycles. The summed E-state index contributed by atoms with van der Waals surface area (Å²) in [6.07, 6.45) is 0. The zero-order valence-corrected chi connectivity index (χ0v) is 16.4. The molecule has 0 atom stereocenters. The molecule has 0 bridgehead atoms. The van der Waals surface area contributed by atoms with Crippen LogP contribution in [0.2, 0.25) is 0 Å². The second-order valence-corrected chi connectivity index (χ2v) is 5.43. The Bertz CT molecular complexity index is 562. The van der Waals surface area contributed by atoms with Crippen LogP contribution in [-0.4, -0.2) is 21.0 Å². The molecular formula is C18H22O3W. The summed E-state index contributed by atoms with van der Waals surface area (Å²) >= 11 is 0. The minimum absolute atomic E-state index is 0. The van der Waals surface area contributed by atoms with E-state index in [1.807, 2.05) is 24.3 Å². The molecule has 0 aliphatic rings. The van der Waals surface area contributed by atoms with Crippen molar-refractivity contribution in [3.8, 4) is 11.5 Å². The van der Waals surface area contributed by atoms with E-state index in [0.717, 1.165) is 11.5 Å². The van der Waals surface area contributed by atoms with Crippen LogP contribution >= 0.6 is 0 Å². The van der Waals surface area contributed by atoms with Gasteiger partial charge in [-0.15, -0.1) is 0 Å². The van der Waals surface area contributed by atoms with Crippen molar-refractivity contribution >= 4 is 0 Å². The Labute approximate surface area is 146 Å². The van der Waals surface area contributed by atoms with Crippen LogP contribution in [-0.2, 0) is 31.2 Å². The molecule has 22 heavy (non-hydrogen) atoms. The van der Waals surface area contributed by atoms with E-state index in [0.29, 0.717) is 0 Å². The number of methoxy groups -OCH3 is 2. The zero-order valence-electron chi connectivity index (χ0n) is 13.5. The van der Waals surface area contributed by atoms with Gasteiger partial charge in [-0.05, 0) is 35.4 Å². The first-order valence-electron chi connectivity index (χ1n) is 6.94. The largest absolute Gasteiger partial charge is 0.497 e. The molecule has 0 amide bonds. The van der Waals surface area contributed by atoms with Gasteiger partial charge in [0, 0.05) is 33.6 Å². The molecule has 0 saturated heterocycles. The van der Waals surface area contributed by atoms with E-state index < -0.39 is 0 Å². The topological polar surface area (TPSA) is 27.7 Å². The molecule has 0 saturated carbocycles. The maximum absolute atomic E-state index is 5.42. The molecule has 0 aliphatic heterocycles. The Morgan fingerprint density at radius 2 is 1.23 bits per heavy atom. The van der Waals surface area contributed by atoms with Crippen molar-refractivity contribution in [2.75, 3.05) is 21.0 Å². The number of ether oxygens (including phenoxy) is 3. The van der Waals surface area contributed by atoms with Gasteiger partial charge >= 0.3 is 0 Å². The van der Waals surface area contributed by atoms with Gasteiger partial charge < -0.3 is 14.2 Å². The fraction of sp³-hybridized carbons (Fsp3) is 0.333. The fourth-order valence-electron chi connectivity index (χ4n) is 2.27.